The van der Waals surface area contributed by atoms with Crippen molar-refractivity contribution >= 4 is 69.5 Å². The van der Waals surface area contributed by atoms with E-state index in [0.29, 0.717) is 37.7 Å². The van der Waals surface area contributed by atoms with Crippen LogP contribution in [-0.2, 0) is 0 Å². The van der Waals surface area contributed by atoms with E-state index in [4.69, 9.17) is 39.2 Å². The van der Waals surface area contributed by atoms with Gasteiger partial charge in [-0.1, -0.05) is 40.9 Å². The zero-order chi connectivity index (χ0) is 18.7. The average Bonchev–Trinajstić information content (AvgIpc) is 3.06. The minimum Gasteiger partial charge on any atom is -0.455 e. The number of carbonyl (C=O) groups excluding carboxylic acids is 1. The molecule has 0 fully saturated rings. The molecular weight excluding hydrogens is 509 g/mol. The molecule has 132 valence electrons. The van der Waals surface area contributed by atoms with Crippen molar-refractivity contribution in [2.75, 3.05) is 0 Å². The molecule has 1 N–H and O–H groups in total. The highest BCUT2D eigenvalue weighted by Crippen LogP contribution is 2.35. The van der Waals surface area contributed by atoms with Crippen LogP contribution in [0.5, 0.6) is 0 Å². The highest BCUT2D eigenvalue weighted by atomic mass is 127. The monoisotopic (exact) mass is 518 g/mol. The van der Waals surface area contributed by atoms with Crippen LogP contribution in [0.2, 0.25) is 15.1 Å². The normalized spacial score (nSPS) is 11.1. The molecule has 3 aromatic rings. The van der Waals surface area contributed by atoms with Gasteiger partial charge in [0.25, 0.3) is 5.91 Å². The van der Waals surface area contributed by atoms with Crippen LogP contribution in [0, 0.1) is 3.57 Å². The van der Waals surface area contributed by atoms with Crippen molar-refractivity contribution in [2.24, 2.45) is 5.10 Å². The Kier molecular flexibility index (Phi) is 6.24. The van der Waals surface area contributed by atoms with Gasteiger partial charge in [0.1, 0.15) is 11.5 Å². The van der Waals surface area contributed by atoms with E-state index in [9.17, 15) is 4.79 Å². The van der Waals surface area contributed by atoms with Gasteiger partial charge in [0.05, 0.1) is 21.3 Å². The first-order valence-electron chi connectivity index (χ1n) is 7.28. The largest absolute Gasteiger partial charge is 0.455 e. The SMILES string of the molecule is O=C(N/N=C\c1ccc(-c2cc(Cl)c(Cl)cc2Cl)o1)c1cccc(I)c1. The smallest absolute Gasteiger partial charge is 0.271 e. The maximum absolute atomic E-state index is 12.0. The summed E-state index contributed by atoms with van der Waals surface area (Å²) < 4.78 is 6.63. The molecule has 0 bridgehead atoms. The number of hydrazone groups is 1. The van der Waals surface area contributed by atoms with Crippen LogP contribution in [0.15, 0.2) is 58.0 Å². The highest BCUT2D eigenvalue weighted by Gasteiger charge is 2.11. The maximum Gasteiger partial charge on any atom is 0.271 e. The molecule has 1 amide bonds. The minimum atomic E-state index is -0.306. The van der Waals surface area contributed by atoms with Crippen LogP contribution in [-0.4, -0.2) is 12.1 Å². The van der Waals surface area contributed by atoms with Crippen LogP contribution in [0.1, 0.15) is 16.1 Å². The van der Waals surface area contributed by atoms with Gasteiger partial charge in [-0.15, -0.1) is 0 Å². The average molecular weight is 520 g/mol. The number of halogens is 4. The van der Waals surface area contributed by atoms with Crippen molar-refractivity contribution < 1.29 is 9.21 Å². The molecule has 3 rings (SSSR count). The molecule has 0 saturated heterocycles. The lowest BCUT2D eigenvalue weighted by atomic mass is 10.2. The summed E-state index contributed by atoms with van der Waals surface area (Å²) >= 11 is 20.3. The number of benzene rings is 2. The third-order valence-corrected chi connectivity index (χ3v) is 5.05. The van der Waals surface area contributed by atoms with Crippen molar-refractivity contribution in [3.05, 3.63) is 78.5 Å². The van der Waals surface area contributed by atoms with Gasteiger partial charge in [-0.25, -0.2) is 5.43 Å². The molecule has 1 heterocycles. The summed E-state index contributed by atoms with van der Waals surface area (Å²) in [5.74, 6) is 0.656. The third kappa shape index (κ3) is 4.59. The molecule has 0 unspecified atom stereocenters. The Bertz CT molecular complexity index is 1000. The fraction of sp³-hybridized carbons (Fsp3) is 0. The minimum absolute atomic E-state index is 0.306. The van der Waals surface area contributed by atoms with E-state index >= 15 is 0 Å². The van der Waals surface area contributed by atoms with Gasteiger partial charge in [-0.2, -0.15) is 5.10 Å². The Balaban J connectivity index is 1.72. The molecule has 26 heavy (non-hydrogen) atoms. The maximum atomic E-state index is 12.0. The lowest BCUT2D eigenvalue weighted by molar-refractivity contribution is 0.0955. The summed E-state index contributed by atoms with van der Waals surface area (Å²) in [5.41, 5.74) is 3.59. The highest BCUT2D eigenvalue weighted by molar-refractivity contribution is 14.1. The van der Waals surface area contributed by atoms with Crippen molar-refractivity contribution in [2.45, 2.75) is 0 Å². The van der Waals surface area contributed by atoms with Crippen molar-refractivity contribution in [1.29, 1.82) is 0 Å². The van der Waals surface area contributed by atoms with Gasteiger partial charge in [0.2, 0.25) is 0 Å². The number of hydrogen-bond acceptors (Lipinski definition) is 3. The van der Waals surface area contributed by atoms with Crippen LogP contribution in [0.4, 0.5) is 0 Å². The standard InChI is InChI=1S/C18H10Cl3IN2O2/c19-14-8-16(21)15(20)7-13(14)17-5-4-12(26-17)9-23-24-18(25)10-2-1-3-11(22)6-10/h1-9H,(H,24,25)/b23-9-. The van der Waals surface area contributed by atoms with Crippen molar-refractivity contribution in [3.8, 4) is 11.3 Å². The van der Waals surface area contributed by atoms with Gasteiger partial charge in [0.15, 0.2) is 0 Å². The summed E-state index contributed by atoms with van der Waals surface area (Å²) in [6, 6.07) is 13.8. The molecule has 0 aliphatic carbocycles. The first-order valence-corrected chi connectivity index (χ1v) is 9.49. The third-order valence-electron chi connectivity index (χ3n) is 3.35. The molecule has 8 heteroatoms. The molecule has 1 aromatic heterocycles. The van der Waals surface area contributed by atoms with E-state index in [0.717, 1.165) is 3.57 Å². The lowest BCUT2D eigenvalue weighted by Gasteiger charge is -2.03. The number of hydrogen-bond donors (Lipinski definition) is 1. The fourth-order valence-corrected chi connectivity index (χ4v) is 3.31. The Morgan fingerprint density at radius 1 is 1.04 bits per heavy atom. The molecule has 2 aromatic carbocycles. The second kappa shape index (κ2) is 8.43. The van der Waals surface area contributed by atoms with E-state index in [1.54, 1.807) is 42.5 Å². The number of furan rings is 1. The molecule has 0 atom stereocenters. The molecule has 0 aliphatic rings. The van der Waals surface area contributed by atoms with Gasteiger partial charge in [-0.3, -0.25) is 4.79 Å². The molecule has 4 nitrogen and oxygen atoms in total. The first-order chi connectivity index (χ1) is 12.4. The van der Waals surface area contributed by atoms with E-state index in [1.165, 1.54) is 6.21 Å². The van der Waals surface area contributed by atoms with Crippen molar-refractivity contribution in [3.63, 3.8) is 0 Å². The van der Waals surface area contributed by atoms with Crippen LogP contribution >= 0.6 is 57.4 Å². The molecule has 0 saturated carbocycles. The quantitative estimate of drug-likeness (QED) is 0.191. The lowest BCUT2D eigenvalue weighted by Crippen LogP contribution is -2.17. The predicted molar refractivity (Wildman–Crippen MR) is 113 cm³/mol. The topological polar surface area (TPSA) is 54.6 Å². The number of amides is 1. The zero-order valence-electron chi connectivity index (χ0n) is 13.0. The predicted octanol–water partition coefficient (Wildman–Crippen LogP) is 6.28. The van der Waals surface area contributed by atoms with Crippen LogP contribution in [0.25, 0.3) is 11.3 Å². The second-order valence-corrected chi connectivity index (χ2v) is 7.62. The Labute approximate surface area is 178 Å². The molecule has 0 radical (unpaired) electrons. The first kappa shape index (κ1) is 19.2. The van der Waals surface area contributed by atoms with Crippen molar-refractivity contribution in [1.82, 2.24) is 5.43 Å². The summed E-state index contributed by atoms with van der Waals surface area (Å²) in [6.07, 6.45) is 1.40. The van der Waals surface area contributed by atoms with Gasteiger partial charge >= 0.3 is 0 Å². The van der Waals surface area contributed by atoms with Gasteiger partial charge in [-0.05, 0) is 65.1 Å². The molecular formula is C18H10Cl3IN2O2. The number of nitrogens with zero attached hydrogens (tertiary/aromatic N) is 1. The Hall–Kier alpha value is -1.54. The number of rotatable bonds is 4. The van der Waals surface area contributed by atoms with E-state index in [2.05, 4.69) is 33.1 Å². The van der Waals surface area contributed by atoms with Crippen LogP contribution < -0.4 is 5.43 Å². The number of carbonyl (C=O) groups is 1. The summed E-state index contributed by atoms with van der Waals surface area (Å²) in [6.45, 7) is 0. The van der Waals surface area contributed by atoms with E-state index < -0.39 is 0 Å². The number of nitrogens with one attached hydrogen (secondary N) is 1. The summed E-state index contributed by atoms with van der Waals surface area (Å²) in [5, 5.41) is 5.07. The summed E-state index contributed by atoms with van der Waals surface area (Å²) in [7, 11) is 0. The Morgan fingerprint density at radius 3 is 2.58 bits per heavy atom. The second-order valence-electron chi connectivity index (χ2n) is 5.16. The van der Waals surface area contributed by atoms with Gasteiger partial charge in [0, 0.05) is 14.7 Å². The van der Waals surface area contributed by atoms with E-state index in [-0.39, 0.29) is 5.91 Å². The molecule has 0 spiro atoms. The summed E-state index contributed by atoms with van der Waals surface area (Å²) in [4.78, 5) is 12.0. The fourth-order valence-electron chi connectivity index (χ4n) is 2.13. The van der Waals surface area contributed by atoms with Gasteiger partial charge < -0.3 is 4.42 Å². The van der Waals surface area contributed by atoms with Crippen LogP contribution in [0.3, 0.4) is 0 Å². The molecule has 0 aliphatic heterocycles. The Morgan fingerprint density at radius 2 is 1.81 bits per heavy atom. The van der Waals surface area contributed by atoms with E-state index in [1.807, 2.05) is 6.07 Å². The zero-order valence-corrected chi connectivity index (χ0v) is 17.4.